The van der Waals surface area contributed by atoms with Crippen LogP contribution in [0.3, 0.4) is 0 Å². The first kappa shape index (κ1) is 23.5. The van der Waals surface area contributed by atoms with Gasteiger partial charge in [-0.1, -0.05) is 0 Å². The van der Waals surface area contributed by atoms with Crippen molar-refractivity contribution in [2.45, 2.75) is 59.9 Å². The van der Waals surface area contributed by atoms with Crippen molar-refractivity contribution < 1.29 is 15.3 Å². The molecule has 86 valence electrons. The van der Waals surface area contributed by atoms with Crippen LogP contribution in [0.2, 0.25) is 0 Å². The summed E-state index contributed by atoms with van der Waals surface area (Å²) < 4.78 is 0. The van der Waals surface area contributed by atoms with Gasteiger partial charge < -0.3 is 15.3 Å². The Hall–Kier alpha value is 0.698. The number of rotatable bonds is 0. The van der Waals surface area contributed by atoms with Crippen LogP contribution in [0.4, 0.5) is 0 Å². The van der Waals surface area contributed by atoms with E-state index in [1.165, 1.54) is 0 Å². The molecule has 0 unspecified atom stereocenters. The topological polar surface area (TPSA) is 60.7 Å². The van der Waals surface area contributed by atoms with Crippen molar-refractivity contribution in [2.24, 2.45) is 0 Å². The van der Waals surface area contributed by atoms with Gasteiger partial charge in [-0.05, 0) is 41.5 Å². The van der Waals surface area contributed by atoms with Crippen molar-refractivity contribution in [3.8, 4) is 0 Å². The minimum absolute atomic E-state index is 0. The summed E-state index contributed by atoms with van der Waals surface area (Å²) in [6.45, 7) is 10.3. The van der Waals surface area contributed by atoms with Gasteiger partial charge in [0.25, 0.3) is 0 Å². The Morgan fingerprint density at radius 1 is 0.538 bits per heavy atom. The van der Waals surface area contributed by atoms with Crippen LogP contribution in [0.15, 0.2) is 0 Å². The molecule has 0 spiro atoms. The van der Waals surface area contributed by atoms with Gasteiger partial charge in [-0.15, -0.1) is 0 Å². The number of hydrogen-bond donors (Lipinski definition) is 3. The molecule has 0 heterocycles. The molecule has 0 amide bonds. The van der Waals surface area contributed by atoms with Crippen LogP contribution in [0.5, 0.6) is 0 Å². The molecular formula is C9H27O3Sb. The van der Waals surface area contributed by atoms with Gasteiger partial charge in [-0.25, -0.2) is 0 Å². The summed E-state index contributed by atoms with van der Waals surface area (Å²) in [5.41, 5.74) is 0. The molecule has 0 saturated heterocycles. The maximum atomic E-state index is 8.06. The summed E-state index contributed by atoms with van der Waals surface area (Å²) in [5, 5.41) is 24.2. The van der Waals surface area contributed by atoms with Crippen molar-refractivity contribution >= 4 is 24.4 Å². The predicted octanol–water partition coefficient (Wildman–Crippen LogP) is -0.0226. The quantitative estimate of drug-likeness (QED) is 0.551. The zero-order valence-electron chi connectivity index (χ0n) is 9.78. The second kappa shape index (κ2) is 18.5. The fourth-order valence-corrected chi connectivity index (χ4v) is 0. The molecule has 0 aliphatic heterocycles. The zero-order valence-corrected chi connectivity index (χ0v) is 13.8. The standard InChI is InChI=1S/3C3H8O.Sb.3H/c3*1-3(2)4;;;;/h3*3-4H,1-2H3;;;;. The Kier molecular flexibility index (Phi) is 33.4. The minimum atomic E-state index is -0.167. The third-order valence-electron chi connectivity index (χ3n) is 0. The fraction of sp³-hybridized carbons (Fsp3) is 1.00. The third kappa shape index (κ3) is 2980. The van der Waals surface area contributed by atoms with E-state index >= 15 is 0 Å². The molecular weight excluding hydrogens is 278 g/mol. The average molecular weight is 305 g/mol. The van der Waals surface area contributed by atoms with Gasteiger partial charge >= 0.3 is 24.4 Å². The molecule has 4 heteroatoms. The van der Waals surface area contributed by atoms with Crippen molar-refractivity contribution in [2.75, 3.05) is 0 Å². The van der Waals surface area contributed by atoms with E-state index in [0.717, 1.165) is 0 Å². The van der Waals surface area contributed by atoms with Gasteiger partial charge in [-0.2, -0.15) is 0 Å². The molecule has 0 aromatic rings. The van der Waals surface area contributed by atoms with E-state index in [1.807, 2.05) is 0 Å². The number of hydrogen-bond acceptors (Lipinski definition) is 3. The molecule has 0 aromatic carbocycles. The summed E-state index contributed by atoms with van der Waals surface area (Å²) in [5.74, 6) is 0. The summed E-state index contributed by atoms with van der Waals surface area (Å²) in [4.78, 5) is 0. The van der Waals surface area contributed by atoms with Gasteiger partial charge in [0, 0.05) is 18.3 Å². The van der Waals surface area contributed by atoms with E-state index in [0.29, 0.717) is 0 Å². The van der Waals surface area contributed by atoms with Gasteiger partial charge in [0.05, 0.1) is 0 Å². The van der Waals surface area contributed by atoms with Crippen LogP contribution in [-0.2, 0) is 0 Å². The Morgan fingerprint density at radius 3 is 0.538 bits per heavy atom. The van der Waals surface area contributed by atoms with Crippen molar-refractivity contribution in [3.05, 3.63) is 0 Å². The normalized spacial score (nSPS) is 8.31. The molecule has 0 bridgehead atoms. The maximum absolute atomic E-state index is 8.06. The van der Waals surface area contributed by atoms with E-state index < -0.39 is 0 Å². The first-order valence-corrected chi connectivity index (χ1v) is 4.24. The fourth-order valence-electron chi connectivity index (χ4n) is 0. The van der Waals surface area contributed by atoms with Crippen molar-refractivity contribution in [1.82, 2.24) is 0 Å². The van der Waals surface area contributed by atoms with Gasteiger partial charge in [0.1, 0.15) is 0 Å². The Bertz CT molecular complexity index is 43.4. The first-order chi connectivity index (χ1) is 5.20. The molecule has 3 nitrogen and oxygen atoms in total. The average Bonchev–Trinajstić information content (AvgIpc) is 1.54. The number of aliphatic hydroxyl groups is 3. The zero-order chi connectivity index (χ0) is 10.7. The molecule has 0 aromatic heterocycles. The van der Waals surface area contributed by atoms with Crippen molar-refractivity contribution in [3.63, 3.8) is 0 Å². The summed E-state index contributed by atoms with van der Waals surface area (Å²) in [6.07, 6.45) is -0.500. The molecule has 0 saturated carbocycles. The van der Waals surface area contributed by atoms with E-state index in [1.54, 1.807) is 41.5 Å². The predicted molar refractivity (Wildman–Crippen MR) is 62.0 cm³/mol. The summed E-state index contributed by atoms with van der Waals surface area (Å²) >= 11 is 0. The van der Waals surface area contributed by atoms with E-state index in [4.69, 9.17) is 15.3 Å². The van der Waals surface area contributed by atoms with Gasteiger partial charge in [-0.3, -0.25) is 0 Å². The second-order valence-electron chi connectivity index (χ2n) is 3.28. The summed E-state index contributed by atoms with van der Waals surface area (Å²) in [7, 11) is 0. The summed E-state index contributed by atoms with van der Waals surface area (Å²) in [6, 6.07) is 0. The van der Waals surface area contributed by atoms with E-state index in [-0.39, 0.29) is 42.7 Å². The van der Waals surface area contributed by atoms with E-state index in [9.17, 15) is 0 Å². The molecule has 0 aliphatic rings. The van der Waals surface area contributed by atoms with Crippen LogP contribution >= 0.6 is 0 Å². The van der Waals surface area contributed by atoms with Gasteiger partial charge in [0.15, 0.2) is 0 Å². The van der Waals surface area contributed by atoms with E-state index in [2.05, 4.69) is 0 Å². The Labute approximate surface area is 99.6 Å². The second-order valence-corrected chi connectivity index (χ2v) is 3.28. The Morgan fingerprint density at radius 2 is 0.538 bits per heavy atom. The third-order valence-corrected chi connectivity index (χ3v) is 0. The van der Waals surface area contributed by atoms with Crippen LogP contribution in [-0.4, -0.2) is 58.1 Å². The van der Waals surface area contributed by atoms with Crippen LogP contribution < -0.4 is 0 Å². The monoisotopic (exact) mass is 304 g/mol. The van der Waals surface area contributed by atoms with Crippen LogP contribution in [0.1, 0.15) is 41.5 Å². The van der Waals surface area contributed by atoms with Gasteiger partial charge in [0.2, 0.25) is 0 Å². The van der Waals surface area contributed by atoms with Crippen LogP contribution in [0.25, 0.3) is 0 Å². The molecule has 0 atom stereocenters. The number of aliphatic hydroxyl groups excluding tert-OH is 3. The molecule has 0 fully saturated rings. The molecule has 0 rings (SSSR count). The molecule has 0 radical (unpaired) electrons. The first-order valence-electron chi connectivity index (χ1n) is 4.24. The Balaban J connectivity index is -0.0000000450. The van der Waals surface area contributed by atoms with Crippen molar-refractivity contribution in [1.29, 1.82) is 0 Å². The molecule has 13 heavy (non-hydrogen) atoms. The molecule has 3 N–H and O–H groups in total. The molecule has 0 aliphatic carbocycles. The van der Waals surface area contributed by atoms with Crippen LogP contribution in [0, 0.1) is 0 Å². The SMILES string of the molecule is CC(C)O.CC(C)O.CC(C)O.[SbH3].